The normalized spacial score (nSPS) is 12.8. The Hall–Kier alpha value is -1.15. The van der Waals surface area contributed by atoms with Crippen molar-refractivity contribution < 1.29 is 9.90 Å². The zero-order chi connectivity index (χ0) is 14.6. The third-order valence-corrected chi connectivity index (χ3v) is 4.02. The summed E-state index contributed by atoms with van der Waals surface area (Å²) in [7, 11) is 0. The molecular formula is C17H26O2. The van der Waals surface area contributed by atoms with Crippen LogP contribution in [0.1, 0.15) is 48.9 Å². The van der Waals surface area contributed by atoms with Gasteiger partial charge in [-0.05, 0) is 43.4 Å². The summed E-state index contributed by atoms with van der Waals surface area (Å²) in [4.78, 5) is 12.2. The van der Waals surface area contributed by atoms with E-state index in [-0.39, 0.29) is 11.7 Å². The number of hydrogen-bond donors (Lipinski definition) is 1. The molecule has 1 aromatic rings. The maximum atomic E-state index is 12.2. The van der Waals surface area contributed by atoms with Crippen molar-refractivity contribution in [3.05, 3.63) is 34.4 Å². The molecule has 1 N–H and O–H groups in total. The molecule has 0 amide bonds. The molecule has 0 saturated carbocycles. The number of hydrogen-bond acceptors (Lipinski definition) is 2. The van der Waals surface area contributed by atoms with Crippen LogP contribution in [-0.2, 0) is 11.2 Å². The minimum Gasteiger partial charge on any atom is -0.385 e. The summed E-state index contributed by atoms with van der Waals surface area (Å²) in [6, 6.07) is 4.19. The standard InChI is InChI=1S/C17H26O2/c1-6-14(7-2)17(19)16(18)10-15-12(4)8-11(3)9-13(15)5/h8-9,14,17,19H,6-7,10H2,1-5H3. The van der Waals surface area contributed by atoms with Crippen LogP contribution < -0.4 is 0 Å². The van der Waals surface area contributed by atoms with Gasteiger partial charge in [-0.15, -0.1) is 0 Å². The second kappa shape index (κ2) is 6.85. The summed E-state index contributed by atoms with van der Waals surface area (Å²) < 4.78 is 0. The van der Waals surface area contributed by atoms with Crippen LogP contribution in [-0.4, -0.2) is 17.0 Å². The Balaban J connectivity index is 2.88. The first-order valence-corrected chi connectivity index (χ1v) is 7.18. The lowest BCUT2D eigenvalue weighted by atomic mass is 9.88. The summed E-state index contributed by atoms with van der Waals surface area (Å²) >= 11 is 0. The average molecular weight is 262 g/mol. The molecule has 1 atom stereocenters. The third kappa shape index (κ3) is 3.90. The highest BCUT2D eigenvalue weighted by Crippen LogP contribution is 2.20. The van der Waals surface area contributed by atoms with Crippen molar-refractivity contribution in [2.75, 3.05) is 0 Å². The van der Waals surface area contributed by atoms with Crippen LogP contribution >= 0.6 is 0 Å². The minimum atomic E-state index is -0.824. The van der Waals surface area contributed by atoms with Crippen LogP contribution in [0.25, 0.3) is 0 Å². The lowest BCUT2D eigenvalue weighted by molar-refractivity contribution is -0.129. The van der Waals surface area contributed by atoms with E-state index in [0.717, 1.165) is 29.5 Å². The first kappa shape index (κ1) is 15.9. The number of benzene rings is 1. The molecule has 0 heterocycles. The molecule has 0 aliphatic carbocycles. The summed E-state index contributed by atoms with van der Waals surface area (Å²) in [5.41, 5.74) is 4.57. The van der Waals surface area contributed by atoms with Crippen molar-refractivity contribution >= 4 is 5.78 Å². The Morgan fingerprint density at radius 1 is 1.11 bits per heavy atom. The highest BCUT2D eigenvalue weighted by Gasteiger charge is 2.24. The van der Waals surface area contributed by atoms with E-state index < -0.39 is 6.10 Å². The van der Waals surface area contributed by atoms with E-state index in [1.165, 1.54) is 5.56 Å². The predicted molar refractivity (Wildman–Crippen MR) is 79.4 cm³/mol. The molecule has 0 aliphatic rings. The molecule has 0 fully saturated rings. The molecule has 2 heteroatoms. The van der Waals surface area contributed by atoms with Crippen molar-refractivity contribution in [1.82, 2.24) is 0 Å². The summed E-state index contributed by atoms with van der Waals surface area (Å²) in [6.45, 7) is 10.2. The van der Waals surface area contributed by atoms with Gasteiger partial charge in [0.2, 0.25) is 0 Å². The van der Waals surface area contributed by atoms with Crippen molar-refractivity contribution in [2.45, 2.75) is 60.0 Å². The zero-order valence-corrected chi connectivity index (χ0v) is 12.8. The van der Waals surface area contributed by atoms with Gasteiger partial charge in [0, 0.05) is 6.42 Å². The van der Waals surface area contributed by atoms with Gasteiger partial charge in [0.05, 0.1) is 0 Å². The first-order chi connectivity index (χ1) is 8.90. The molecular weight excluding hydrogens is 236 g/mol. The molecule has 19 heavy (non-hydrogen) atoms. The van der Waals surface area contributed by atoms with Crippen LogP contribution in [0.3, 0.4) is 0 Å². The second-order valence-electron chi connectivity index (χ2n) is 5.54. The fourth-order valence-corrected chi connectivity index (χ4v) is 2.77. The monoisotopic (exact) mass is 262 g/mol. The molecule has 0 bridgehead atoms. The Bertz CT molecular complexity index is 422. The number of aliphatic hydroxyl groups is 1. The van der Waals surface area contributed by atoms with Gasteiger partial charge in [0.15, 0.2) is 5.78 Å². The fraction of sp³-hybridized carbons (Fsp3) is 0.588. The SMILES string of the molecule is CCC(CC)C(O)C(=O)Cc1c(C)cc(C)cc1C. The maximum Gasteiger partial charge on any atom is 0.165 e. The van der Waals surface area contributed by atoms with Crippen LogP contribution in [0.4, 0.5) is 0 Å². The van der Waals surface area contributed by atoms with Crippen molar-refractivity contribution in [3.63, 3.8) is 0 Å². The maximum absolute atomic E-state index is 12.2. The third-order valence-electron chi connectivity index (χ3n) is 4.02. The Labute approximate surface area is 116 Å². The minimum absolute atomic E-state index is 0.0521. The molecule has 0 radical (unpaired) electrons. The number of aryl methyl sites for hydroxylation is 3. The number of rotatable bonds is 6. The van der Waals surface area contributed by atoms with Gasteiger partial charge in [0.25, 0.3) is 0 Å². The van der Waals surface area contributed by atoms with Crippen LogP contribution in [0.15, 0.2) is 12.1 Å². The van der Waals surface area contributed by atoms with E-state index in [2.05, 4.69) is 19.1 Å². The van der Waals surface area contributed by atoms with Gasteiger partial charge in [-0.25, -0.2) is 0 Å². The number of ketones is 1. The number of carbonyl (C=O) groups excluding carboxylic acids is 1. The summed E-state index contributed by atoms with van der Waals surface area (Å²) in [5.74, 6) is 0.0299. The van der Waals surface area contributed by atoms with E-state index in [1.807, 2.05) is 27.7 Å². The number of carbonyl (C=O) groups is 1. The van der Waals surface area contributed by atoms with Crippen molar-refractivity contribution in [1.29, 1.82) is 0 Å². The lowest BCUT2D eigenvalue weighted by Crippen LogP contribution is -2.30. The van der Waals surface area contributed by atoms with E-state index in [9.17, 15) is 9.90 Å². The summed E-state index contributed by atoms with van der Waals surface area (Å²) in [6.07, 6.45) is 1.20. The van der Waals surface area contributed by atoms with Crippen LogP contribution in [0, 0.1) is 26.7 Å². The Morgan fingerprint density at radius 3 is 2.00 bits per heavy atom. The van der Waals surface area contributed by atoms with E-state index >= 15 is 0 Å². The number of Topliss-reactive ketones (excluding diaryl/α,β-unsaturated/α-hetero) is 1. The van der Waals surface area contributed by atoms with Crippen molar-refractivity contribution in [3.8, 4) is 0 Å². The molecule has 1 aromatic carbocycles. The van der Waals surface area contributed by atoms with E-state index in [1.54, 1.807) is 0 Å². The molecule has 1 rings (SSSR count). The van der Waals surface area contributed by atoms with Gasteiger partial charge in [-0.3, -0.25) is 4.79 Å². The quantitative estimate of drug-likeness (QED) is 0.851. The smallest absolute Gasteiger partial charge is 0.165 e. The highest BCUT2D eigenvalue weighted by atomic mass is 16.3. The average Bonchev–Trinajstić information content (AvgIpc) is 2.34. The Morgan fingerprint density at radius 2 is 1.58 bits per heavy atom. The fourth-order valence-electron chi connectivity index (χ4n) is 2.77. The molecule has 0 spiro atoms. The van der Waals surface area contributed by atoms with Crippen molar-refractivity contribution in [2.24, 2.45) is 5.92 Å². The zero-order valence-electron chi connectivity index (χ0n) is 12.8. The second-order valence-corrected chi connectivity index (χ2v) is 5.54. The Kier molecular flexibility index (Phi) is 5.74. The topological polar surface area (TPSA) is 37.3 Å². The molecule has 0 aliphatic heterocycles. The van der Waals surface area contributed by atoms with Gasteiger partial charge >= 0.3 is 0 Å². The van der Waals surface area contributed by atoms with Crippen LogP contribution in [0.5, 0.6) is 0 Å². The van der Waals surface area contributed by atoms with E-state index in [0.29, 0.717) is 6.42 Å². The molecule has 2 nitrogen and oxygen atoms in total. The van der Waals surface area contributed by atoms with Gasteiger partial charge in [-0.2, -0.15) is 0 Å². The molecule has 1 unspecified atom stereocenters. The predicted octanol–water partition coefficient (Wildman–Crippen LogP) is 3.52. The van der Waals surface area contributed by atoms with Crippen LogP contribution in [0.2, 0.25) is 0 Å². The summed E-state index contributed by atoms with van der Waals surface area (Å²) in [5, 5.41) is 10.1. The molecule has 0 aromatic heterocycles. The first-order valence-electron chi connectivity index (χ1n) is 7.18. The van der Waals surface area contributed by atoms with Gasteiger partial charge < -0.3 is 5.11 Å². The van der Waals surface area contributed by atoms with Gasteiger partial charge in [-0.1, -0.05) is 44.4 Å². The molecule has 106 valence electrons. The largest absolute Gasteiger partial charge is 0.385 e. The lowest BCUT2D eigenvalue weighted by Gasteiger charge is -2.20. The highest BCUT2D eigenvalue weighted by molar-refractivity contribution is 5.85. The molecule has 0 saturated heterocycles. The van der Waals surface area contributed by atoms with Gasteiger partial charge in [0.1, 0.15) is 6.10 Å². The number of aliphatic hydroxyl groups excluding tert-OH is 1. The van der Waals surface area contributed by atoms with E-state index in [4.69, 9.17) is 0 Å².